The molecule has 15 heavy (non-hydrogen) atoms. The normalized spacial score (nSPS) is 10.4. The molecule has 0 radical (unpaired) electrons. The number of pyridine rings is 1. The standard InChI is InChI=1S/C10H6NO4/c12-9-6-3-1-2-4-8(6)11(15)5-7(9)10(13)14/h1-5H,(H,13,14)/q-1. The van der Waals surface area contributed by atoms with Gasteiger partial charge in [0.2, 0.25) is 5.43 Å². The molecular weight excluding hydrogens is 198 g/mol. The van der Waals surface area contributed by atoms with Gasteiger partial charge in [0.1, 0.15) is 5.56 Å². The topological polar surface area (TPSA) is 82.4 Å². The molecule has 5 heteroatoms. The lowest BCUT2D eigenvalue weighted by Crippen LogP contribution is -2.17. The molecule has 5 nitrogen and oxygen atoms in total. The van der Waals surface area contributed by atoms with Gasteiger partial charge in [-0.05, 0) is 12.1 Å². The maximum atomic E-state index is 11.6. The molecule has 0 bridgehead atoms. The highest BCUT2D eigenvalue weighted by molar-refractivity contribution is 5.92. The van der Waals surface area contributed by atoms with Crippen LogP contribution in [0.3, 0.4) is 0 Å². The Labute approximate surface area is 83.8 Å². The molecule has 0 saturated carbocycles. The van der Waals surface area contributed by atoms with Crippen LogP contribution in [0.4, 0.5) is 0 Å². The van der Waals surface area contributed by atoms with Crippen molar-refractivity contribution < 1.29 is 9.90 Å². The fraction of sp³-hybridized carbons (Fsp3) is 0. The summed E-state index contributed by atoms with van der Waals surface area (Å²) in [5, 5.41) is 20.2. The second-order valence-corrected chi connectivity index (χ2v) is 3.02. The van der Waals surface area contributed by atoms with Gasteiger partial charge in [-0.25, -0.2) is 4.79 Å². The van der Waals surface area contributed by atoms with E-state index in [-0.39, 0.29) is 10.9 Å². The minimum atomic E-state index is -1.39. The van der Waals surface area contributed by atoms with Gasteiger partial charge in [-0.1, -0.05) is 12.1 Å². The third kappa shape index (κ3) is 1.34. The van der Waals surface area contributed by atoms with E-state index in [1.54, 1.807) is 12.1 Å². The van der Waals surface area contributed by atoms with Gasteiger partial charge in [0.25, 0.3) is 0 Å². The second-order valence-electron chi connectivity index (χ2n) is 3.02. The van der Waals surface area contributed by atoms with Gasteiger partial charge < -0.3 is 15.0 Å². The molecule has 0 atom stereocenters. The number of aromatic carboxylic acids is 1. The summed E-state index contributed by atoms with van der Waals surface area (Å²) in [6.45, 7) is 0. The Morgan fingerprint density at radius 3 is 2.67 bits per heavy atom. The first-order chi connectivity index (χ1) is 7.11. The van der Waals surface area contributed by atoms with Gasteiger partial charge in [-0.15, -0.1) is 0 Å². The monoisotopic (exact) mass is 204 g/mol. The lowest BCUT2D eigenvalue weighted by Gasteiger charge is -2.14. The number of nitrogens with zero attached hydrogens (tertiary/aromatic N) is 1. The van der Waals surface area contributed by atoms with E-state index >= 15 is 0 Å². The summed E-state index contributed by atoms with van der Waals surface area (Å²) in [4.78, 5) is 22.3. The van der Waals surface area contributed by atoms with Crippen LogP contribution < -0.4 is 5.43 Å². The van der Waals surface area contributed by atoms with Crippen molar-refractivity contribution in [1.82, 2.24) is 4.73 Å². The molecule has 0 aliphatic rings. The molecule has 1 aromatic carbocycles. The van der Waals surface area contributed by atoms with Crippen LogP contribution in [0.2, 0.25) is 0 Å². The predicted octanol–water partition coefficient (Wildman–Crippen LogP) is 1.05. The number of aromatic nitrogens is 1. The third-order valence-corrected chi connectivity index (χ3v) is 2.11. The molecule has 1 heterocycles. The van der Waals surface area contributed by atoms with Crippen LogP contribution in [-0.4, -0.2) is 15.8 Å². The van der Waals surface area contributed by atoms with Crippen LogP contribution in [0.5, 0.6) is 0 Å². The SMILES string of the molecule is O=C(O)c1cn([O-])c2ccccc2c1=O. The zero-order valence-corrected chi connectivity index (χ0v) is 7.51. The molecule has 76 valence electrons. The summed E-state index contributed by atoms with van der Waals surface area (Å²) in [6.07, 6.45) is 0.785. The number of hydrogen-bond donors (Lipinski definition) is 1. The van der Waals surface area contributed by atoms with Crippen molar-refractivity contribution >= 4 is 16.9 Å². The molecule has 0 spiro atoms. The first-order valence-electron chi connectivity index (χ1n) is 4.16. The zero-order valence-electron chi connectivity index (χ0n) is 7.51. The van der Waals surface area contributed by atoms with Crippen molar-refractivity contribution in [2.45, 2.75) is 0 Å². The average molecular weight is 204 g/mol. The molecule has 2 rings (SSSR count). The summed E-state index contributed by atoms with van der Waals surface area (Å²) >= 11 is 0. The fourth-order valence-corrected chi connectivity index (χ4v) is 1.40. The van der Waals surface area contributed by atoms with E-state index < -0.39 is 17.0 Å². The number of hydrogen-bond acceptors (Lipinski definition) is 3. The lowest BCUT2D eigenvalue weighted by atomic mass is 10.1. The highest BCUT2D eigenvalue weighted by Crippen LogP contribution is 2.10. The first-order valence-corrected chi connectivity index (χ1v) is 4.16. The second kappa shape index (κ2) is 3.13. The van der Waals surface area contributed by atoms with Gasteiger partial charge in [0, 0.05) is 17.1 Å². The third-order valence-electron chi connectivity index (χ3n) is 2.11. The minimum Gasteiger partial charge on any atom is -0.806 e. The molecule has 0 unspecified atom stereocenters. The molecule has 1 aromatic heterocycles. The van der Waals surface area contributed by atoms with E-state index in [1.165, 1.54) is 12.1 Å². The maximum Gasteiger partial charge on any atom is 0.341 e. The fourth-order valence-electron chi connectivity index (χ4n) is 1.40. The summed E-state index contributed by atoms with van der Waals surface area (Å²) in [5.74, 6) is -1.39. The Balaban J connectivity index is 2.97. The molecule has 0 aliphatic carbocycles. The van der Waals surface area contributed by atoms with E-state index in [1.807, 2.05) is 0 Å². The van der Waals surface area contributed by atoms with Crippen molar-refractivity contribution in [2.24, 2.45) is 0 Å². The van der Waals surface area contributed by atoms with Gasteiger partial charge in [-0.2, -0.15) is 0 Å². The molecular formula is C10H6NO4-. The number of fused-ring (bicyclic) bond motifs is 1. The average Bonchev–Trinajstić information content (AvgIpc) is 2.23. The minimum absolute atomic E-state index is 0.118. The number of benzene rings is 1. The van der Waals surface area contributed by atoms with E-state index in [0.717, 1.165) is 6.20 Å². The van der Waals surface area contributed by atoms with Gasteiger partial charge in [-0.3, -0.25) is 4.79 Å². The number of carbonyl (C=O) groups is 1. The van der Waals surface area contributed by atoms with E-state index in [2.05, 4.69) is 0 Å². The van der Waals surface area contributed by atoms with Crippen molar-refractivity contribution in [3.8, 4) is 0 Å². The Bertz CT molecular complexity index is 600. The molecule has 1 N–H and O–H groups in total. The largest absolute Gasteiger partial charge is 0.806 e. The lowest BCUT2D eigenvalue weighted by molar-refractivity contribution is 0.0695. The van der Waals surface area contributed by atoms with Crippen LogP contribution >= 0.6 is 0 Å². The van der Waals surface area contributed by atoms with Crippen molar-refractivity contribution in [3.63, 3.8) is 0 Å². The Hall–Kier alpha value is -2.30. The number of carboxylic acid groups (broad SMARTS) is 1. The predicted molar refractivity (Wildman–Crippen MR) is 53.9 cm³/mol. The quantitative estimate of drug-likeness (QED) is 0.752. The highest BCUT2D eigenvalue weighted by Gasteiger charge is 2.11. The molecule has 0 aliphatic heterocycles. The number of rotatable bonds is 1. The van der Waals surface area contributed by atoms with Crippen molar-refractivity contribution in [2.75, 3.05) is 0 Å². The van der Waals surface area contributed by atoms with Crippen LogP contribution in [-0.2, 0) is 0 Å². The van der Waals surface area contributed by atoms with Gasteiger partial charge >= 0.3 is 5.97 Å². The highest BCUT2D eigenvalue weighted by atomic mass is 16.5. The summed E-state index contributed by atoms with van der Waals surface area (Å²) in [7, 11) is 0. The van der Waals surface area contributed by atoms with Crippen LogP contribution in [0.15, 0.2) is 35.3 Å². The van der Waals surface area contributed by atoms with Crippen molar-refractivity contribution in [1.29, 1.82) is 0 Å². The van der Waals surface area contributed by atoms with Crippen LogP contribution in [0.25, 0.3) is 10.9 Å². The molecule has 0 saturated heterocycles. The maximum absolute atomic E-state index is 11.6. The summed E-state index contributed by atoms with van der Waals surface area (Å²) in [5.41, 5.74) is -0.971. The smallest absolute Gasteiger partial charge is 0.341 e. The Morgan fingerprint density at radius 2 is 2.00 bits per heavy atom. The van der Waals surface area contributed by atoms with E-state index in [4.69, 9.17) is 5.11 Å². The number of para-hydroxylation sites is 1. The van der Waals surface area contributed by atoms with Crippen molar-refractivity contribution in [3.05, 3.63) is 51.5 Å². The van der Waals surface area contributed by atoms with Crippen LogP contribution in [0.1, 0.15) is 10.4 Å². The van der Waals surface area contributed by atoms with Crippen LogP contribution in [0, 0.1) is 5.21 Å². The summed E-state index contributed by atoms with van der Waals surface area (Å²) < 4.78 is 0.389. The first kappa shape index (κ1) is 9.26. The van der Waals surface area contributed by atoms with Gasteiger partial charge in [0.05, 0.1) is 0 Å². The molecule has 0 fully saturated rings. The summed E-state index contributed by atoms with van der Waals surface area (Å²) in [6, 6.07) is 6.08. The molecule has 2 aromatic rings. The van der Waals surface area contributed by atoms with E-state index in [0.29, 0.717) is 4.73 Å². The number of carboxylic acids is 1. The molecule has 0 amide bonds. The Morgan fingerprint density at radius 1 is 1.33 bits per heavy atom. The Kier molecular flexibility index (Phi) is 1.93. The van der Waals surface area contributed by atoms with E-state index in [9.17, 15) is 14.8 Å². The van der Waals surface area contributed by atoms with Gasteiger partial charge in [0.15, 0.2) is 0 Å². The zero-order chi connectivity index (χ0) is 11.0.